The topological polar surface area (TPSA) is 69.6 Å². The summed E-state index contributed by atoms with van der Waals surface area (Å²) in [5.74, 6) is -0.904. The number of nitrogens with one attached hydrogen (secondary N) is 1. The molecule has 0 bridgehead atoms. The Hall–Kier alpha value is -1.56. The van der Waals surface area contributed by atoms with Crippen molar-refractivity contribution in [1.29, 1.82) is 0 Å². The predicted molar refractivity (Wildman–Crippen MR) is 70.9 cm³/mol. The molecule has 0 saturated carbocycles. The molecule has 0 aromatic carbocycles. The number of carboxylic acid groups (broad SMARTS) is 1. The van der Waals surface area contributed by atoms with Crippen LogP contribution in [-0.4, -0.2) is 35.6 Å². The summed E-state index contributed by atoms with van der Waals surface area (Å²) in [4.78, 5) is 25.8. The Kier molecular flexibility index (Phi) is 5.15. The lowest BCUT2D eigenvalue weighted by atomic mass is 10.3. The summed E-state index contributed by atoms with van der Waals surface area (Å²) in [5.41, 5.74) is 1.23. The third-order valence-corrected chi connectivity index (χ3v) is 3.79. The van der Waals surface area contributed by atoms with Gasteiger partial charge in [0.1, 0.15) is 0 Å². The number of amides is 2. The molecule has 1 heterocycles. The molecule has 0 atom stereocenters. The molecule has 0 fully saturated rings. The highest BCUT2D eigenvalue weighted by Crippen LogP contribution is 2.20. The van der Waals surface area contributed by atoms with Crippen molar-refractivity contribution >= 4 is 23.3 Å². The Labute approximate surface area is 110 Å². The van der Waals surface area contributed by atoms with Gasteiger partial charge in [-0.05, 0) is 25.5 Å². The maximum Gasteiger partial charge on any atom is 0.317 e. The van der Waals surface area contributed by atoms with Gasteiger partial charge in [0.25, 0.3) is 0 Å². The SMILES string of the molecule is Cc1cc(CNC(=O)N(C)CCC(=O)O)sc1C. The Bertz CT molecular complexity index is 423. The van der Waals surface area contributed by atoms with E-state index in [2.05, 4.69) is 11.4 Å². The van der Waals surface area contributed by atoms with Gasteiger partial charge in [0, 0.05) is 23.3 Å². The first-order chi connectivity index (χ1) is 8.40. The van der Waals surface area contributed by atoms with Crippen LogP contribution in [0.3, 0.4) is 0 Å². The fraction of sp³-hybridized carbons (Fsp3) is 0.500. The molecule has 100 valence electrons. The van der Waals surface area contributed by atoms with E-state index >= 15 is 0 Å². The number of carboxylic acids is 1. The van der Waals surface area contributed by atoms with Gasteiger partial charge in [0.15, 0.2) is 0 Å². The molecule has 5 nitrogen and oxygen atoms in total. The van der Waals surface area contributed by atoms with Gasteiger partial charge < -0.3 is 15.3 Å². The molecule has 6 heteroatoms. The lowest BCUT2D eigenvalue weighted by Gasteiger charge is -2.16. The predicted octanol–water partition coefficient (Wildman–Crippen LogP) is 1.98. The molecule has 1 rings (SSSR count). The molecule has 0 aliphatic carbocycles. The summed E-state index contributed by atoms with van der Waals surface area (Å²) in [5, 5.41) is 11.3. The maximum absolute atomic E-state index is 11.6. The average molecular weight is 270 g/mol. The monoisotopic (exact) mass is 270 g/mol. The van der Waals surface area contributed by atoms with Crippen molar-refractivity contribution in [2.24, 2.45) is 0 Å². The molecule has 0 radical (unpaired) electrons. The van der Waals surface area contributed by atoms with Crippen molar-refractivity contribution in [3.8, 4) is 0 Å². The second kappa shape index (κ2) is 6.39. The lowest BCUT2D eigenvalue weighted by Crippen LogP contribution is -2.37. The van der Waals surface area contributed by atoms with Crippen LogP contribution in [0.2, 0.25) is 0 Å². The van der Waals surface area contributed by atoms with Gasteiger partial charge in [-0.3, -0.25) is 4.79 Å². The second-order valence-corrected chi connectivity index (χ2v) is 5.52. The van der Waals surface area contributed by atoms with Gasteiger partial charge in [-0.15, -0.1) is 11.3 Å². The number of hydrogen-bond donors (Lipinski definition) is 2. The highest BCUT2D eigenvalue weighted by molar-refractivity contribution is 7.12. The number of aliphatic carboxylic acids is 1. The van der Waals surface area contributed by atoms with E-state index in [0.29, 0.717) is 6.54 Å². The van der Waals surface area contributed by atoms with Crippen LogP contribution in [-0.2, 0) is 11.3 Å². The van der Waals surface area contributed by atoms with Crippen molar-refractivity contribution in [2.75, 3.05) is 13.6 Å². The second-order valence-electron chi connectivity index (χ2n) is 4.18. The van der Waals surface area contributed by atoms with E-state index in [4.69, 9.17) is 5.11 Å². The molecule has 0 unspecified atom stereocenters. The van der Waals surface area contributed by atoms with Gasteiger partial charge in [0.2, 0.25) is 0 Å². The third kappa shape index (κ3) is 4.37. The number of hydrogen-bond acceptors (Lipinski definition) is 3. The van der Waals surface area contributed by atoms with E-state index in [1.54, 1.807) is 18.4 Å². The van der Waals surface area contributed by atoms with Crippen LogP contribution in [0.15, 0.2) is 6.07 Å². The van der Waals surface area contributed by atoms with Crippen molar-refractivity contribution in [2.45, 2.75) is 26.8 Å². The number of carbonyl (C=O) groups is 2. The molecular formula is C12H18N2O3S. The number of urea groups is 1. The first kappa shape index (κ1) is 14.5. The zero-order valence-corrected chi connectivity index (χ0v) is 11.6. The van der Waals surface area contributed by atoms with Gasteiger partial charge >= 0.3 is 12.0 Å². The van der Waals surface area contributed by atoms with Crippen LogP contribution in [0.1, 0.15) is 21.7 Å². The largest absolute Gasteiger partial charge is 0.481 e. The number of carbonyl (C=O) groups excluding carboxylic acids is 1. The zero-order chi connectivity index (χ0) is 13.7. The Morgan fingerprint density at radius 2 is 2.11 bits per heavy atom. The molecule has 1 aromatic rings. The summed E-state index contributed by atoms with van der Waals surface area (Å²) in [7, 11) is 1.59. The van der Waals surface area contributed by atoms with Gasteiger partial charge in [-0.2, -0.15) is 0 Å². The minimum absolute atomic E-state index is 0.0405. The first-order valence-electron chi connectivity index (χ1n) is 5.67. The fourth-order valence-electron chi connectivity index (χ4n) is 1.40. The number of aryl methyl sites for hydroxylation is 2. The number of nitrogens with zero attached hydrogens (tertiary/aromatic N) is 1. The van der Waals surface area contributed by atoms with E-state index in [0.717, 1.165) is 4.88 Å². The van der Waals surface area contributed by atoms with E-state index in [9.17, 15) is 9.59 Å². The van der Waals surface area contributed by atoms with Crippen LogP contribution in [0.4, 0.5) is 4.79 Å². The highest BCUT2D eigenvalue weighted by atomic mass is 32.1. The van der Waals surface area contributed by atoms with Gasteiger partial charge in [-0.25, -0.2) is 4.79 Å². The molecule has 18 heavy (non-hydrogen) atoms. The first-order valence-corrected chi connectivity index (χ1v) is 6.48. The molecule has 0 saturated heterocycles. The maximum atomic E-state index is 11.6. The minimum atomic E-state index is -0.904. The fourth-order valence-corrected chi connectivity index (χ4v) is 2.39. The number of rotatable bonds is 5. The van der Waals surface area contributed by atoms with Crippen LogP contribution >= 0.6 is 11.3 Å². The normalized spacial score (nSPS) is 10.2. The van der Waals surface area contributed by atoms with Crippen molar-refractivity contribution in [3.63, 3.8) is 0 Å². The summed E-state index contributed by atoms with van der Waals surface area (Å²) >= 11 is 1.66. The highest BCUT2D eigenvalue weighted by Gasteiger charge is 2.10. The van der Waals surface area contributed by atoms with E-state index in [1.165, 1.54) is 15.3 Å². The lowest BCUT2D eigenvalue weighted by molar-refractivity contribution is -0.137. The Balaban J connectivity index is 2.38. The van der Waals surface area contributed by atoms with Crippen LogP contribution in [0, 0.1) is 13.8 Å². The summed E-state index contributed by atoms with van der Waals surface area (Å²) in [6.45, 7) is 4.78. The summed E-state index contributed by atoms with van der Waals surface area (Å²) in [6, 6.07) is 1.80. The molecule has 1 aromatic heterocycles. The van der Waals surface area contributed by atoms with Crippen molar-refractivity contribution < 1.29 is 14.7 Å². The van der Waals surface area contributed by atoms with Crippen LogP contribution in [0.25, 0.3) is 0 Å². The molecule has 2 N–H and O–H groups in total. The standard InChI is InChI=1S/C12H18N2O3S/c1-8-6-10(18-9(8)2)7-13-12(17)14(3)5-4-11(15)16/h6H,4-5,7H2,1-3H3,(H,13,17)(H,15,16). The van der Waals surface area contributed by atoms with E-state index < -0.39 is 5.97 Å². The van der Waals surface area contributed by atoms with Crippen molar-refractivity contribution in [3.05, 3.63) is 21.4 Å². The van der Waals surface area contributed by atoms with Gasteiger partial charge in [0.05, 0.1) is 13.0 Å². The van der Waals surface area contributed by atoms with Crippen LogP contribution in [0.5, 0.6) is 0 Å². The summed E-state index contributed by atoms with van der Waals surface area (Å²) < 4.78 is 0. The van der Waals surface area contributed by atoms with Gasteiger partial charge in [-0.1, -0.05) is 0 Å². The Morgan fingerprint density at radius 3 is 2.61 bits per heavy atom. The Morgan fingerprint density at radius 1 is 1.44 bits per heavy atom. The summed E-state index contributed by atoms with van der Waals surface area (Å²) in [6.07, 6.45) is -0.0405. The minimum Gasteiger partial charge on any atom is -0.481 e. The average Bonchev–Trinajstić information content (AvgIpc) is 2.62. The van der Waals surface area contributed by atoms with Crippen LogP contribution < -0.4 is 5.32 Å². The molecule has 0 aliphatic rings. The van der Waals surface area contributed by atoms with Crippen molar-refractivity contribution in [1.82, 2.24) is 10.2 Å². The molecule has 2 amide bonds. The molecular weight excluding hydrogens is 252 g/mol. The number of thiophene rings is 1. The molecule has 0 spiro atoms. The van der Waals surface area contributed by atoms with E-state index in [-0.39, 0.29) is 19.0 Å². The third-order valence-electron chi connectivity index (χ3n) is 2.64. The quantitative estimate of drug-likeness (QED) is 0.859. The smallest absolute Gasteiger partial charge is 0.317 e. The molecule has 0 aliphatic heterocycles. The van der Waals surface area contributed by atoms with E-state index in [1.807, 2.05) is 13.8 Å². The zero-order valence-electron chi connectivity index (χ0n) is 10.8.